The van der Waals surface area contributed by atoms with Gasteiger partial charge in [-0.2, -0.15) is 0 Å². The molecule has 3 aromatic rings. The van der Waals surface area contributed by atoms with Crippen molar-refractivity contribution in [1.82, 2.24) is 4.57 Å². The van der Waals surface area contributed by atoms with Crippen molar-refractivity contribution in [1.29, 1.82) is 0 Å². The Balaban J connectivity index is 1.90. The lowest BCUT2D eigenvalue weighted by Crippen LogP contribution is -2.39. The second kappa shape index (κ2) is 10.3. The Morgan fingerprint density at radius 1 is 1.09 bits per heavy atom. The first-order valence-corrected chi connectivity index (χ1v) is 12.3. The van der Waals surface area contributed by atoms with Crippen molar-refractivity contribution >= 4 is 23.4 Å². The third-order valence-electron chi connectivity index (χ3n) is 5.70. The number of carbonyl (C=O) groups excluding carboxylic acids is 1. The zero-order valence-electron chi connectivity index (χ0n) is 20.5. The highest BCUT2D eigenvalue weighted by Crippen LogP contribution is 2.31. The predicted octanol–water partition coefficient (Wildman–Crippen LogP) is 3.51. The highest BCUT2D eigenvalue weighted by Gasteiger charge is 2.33. The molecule has 8 heteroatoms. The zero-order chi connectivity index (χ0) is 25.1. The van der Waals surface area contributed by atoms with Crippen LogP contribution in [0.4, 0.5) is 0 Å². The maximum atomic E-state index is 13.7. The Hall–Kier alpha value is -3.65. The van der Waals surface area contributed by atoms with Crippen molar-refractivity contribution in [2.24, 2.45) is 4.99 Å². The van der Waals surface area contributed by atoms with Crippen LogP contribution < -0.4 is 24.4 Å². The van der Waals surface area contributed by atoms with Crippen LogP contribution in [0.1, 0.15) is 43.5 Å². The molecule has 2 heterocycles. The molecule has 0 amide bonds. The van der Waals surface area contributed by atoms with Gasteiger partial charge in [0.1, 0.15) is 0 Å². The summed E-state index contributed by atoms with van der Waals surface area (Å²) in [6.07, 6.45) is 1.80. The largest absolute Gasteiger partial charge is 0.493 e. The molecule has 0 N–H and O–H groups in total. The van der Waals surface area contributed by atoms with Crippen LogP contribution in [0.15, 0.2) is 63.5 Å². The van der Waals surface area contributed by atoms with E-state index in [0.717, 1.165) is 16.7 Å². The predicted molar refractivity (Wildman–Crippen MR) is 136 cm³/mol. The maximum absolute atomic E-state index is 13.7. The van der Waals surface area contributed by atoms with Crippen molar-refractivity contribution < 1.29 is 19.0 Å². The van der Waals surface area contributed by atoms with Crippen molar-refractivity contribution in [2.45, 2.75) is 33.7 Å². The number of benzene rings is 2. The number of aryl methyl sites for hydroxylation is 1. The Bertz CT molecular complexity index is 1460. The minimum atomic E-state index is -0.622. The molecule has 0 bridgehead atoms. The van der Waals surface area contributed by atoms with Crippen LogP contribution in [0.2, 0.25) is 0 Å². The van der Waals surface area contributed by atoms with Crippen LogP contribution in [-0.4, -0.2) is 30.9 Å². The molecule has 2 aromatic carbocycles. The lowest BCUT2D eigenvalue weighted by atomic mass is 9.95. The third kappa shape index (κ3) is 4.79. The molecular formula is C27H28N2O5S. The second-order valence-corrected chi connectivity index (χ2v) is 9.07. The Morgan fingerprint density at radius 2 is 1.83 bits per heavy atom. The highest BCUT2D eigenvalue weighted by molar-refractivity contribution is 7.07. The van der Waals surface area contributed by atoms with Crippen LogP contribution in [0.3, 0.4) is 0 Å². The molecule has 1 aromatic heterocycles. The molecule has 7 nitrogen and oxygen atoms in total. The Kier molecular flexibility index (Phi) is 7.21. The van der Waals surface area contributed by atoms with E-state index in [1.807, 2.05) is 56.3 Å². The van der Waals surface area contributed by atoms with Gasteiger partial charge in [0.2, 0.25) is 0 Å². The summed E-state index contributed by atoms with van der Waals surface area (Å²) >= 11 is 1.29. The van der Waals surface area contributed by atoms with E-state index in [9.17, 15) is 9.59 Å². The van der Waals surface area contributed by atoms with Gasteiger partial charge in [0, 0.05) is 0 Å². The van der Waals surface area contributed by atoms with Gasteiger partial charge in [-0.3, -0.25) is 9.36 Å². The van der Waals surface area contributed by atoms with Gasteiger partial charge in [-0.25, -0.2) is 9.79 Å². The van der Waals surface area contributed by atoms with Gasteiger partial charge in [-0.1, -0.05) is 47.2 Å². The van der Waals surface area contributed by atoms with E-state index >= 15 is 0 Å². The normalized spacial score (nSPS) is 15.5. The Labute approximate surface area is 207 Å². The van der Waals surface area contributed by atoms with Gasteiger partial charge in [-0.15, -0.1) is 0 Å². The molecule has 4 rings (SSSR count). The molecule has 0 saturated heterocycles. The van der Waals surface area contributed by atoms with Gasteiger partial charge in [0.25, 0.3) is 5.56 Å². The molecule has 182 valence electrons. The molecule has 0 radical (unpaired) electrons. The number of ether oxygens (including phenoxy) is 3. The zero-order valence-corrected chi connectivity index (χ0v) is 21.3. The number of esters is 1. The number of aromatic nitrogens is 1. The van der Waals surface area contributed by atoms with E-state index in [1.165, 1.54) is 11.3 Å². The number of rotatable bonds is 7. The number of hydrogen-bond donors (Lipinski definition) is 0. The second-order valence-electron chi connectivity index (χ2n) is 8.06. The number of allylic oxidation sites excluding steroid dienone is 1. The van der Waals surface area contributed by atoms with Crippen LogP contribution in [-0.2, 0) is 9.53 Å². The van der Waals surface area contributed by atoms with E-state index in [2.05, 4.69) is 4.99 Å². The van der Waals surface area contributed by atoms with Gasteiger partial charge < -0.3 is 14.2 Å². The van der Waals surface area contributed by atoms with Crippen LogP contribution in [0.5, 0.6) is 11.5 Å². The van der Waals surface area contributed by atoms with Crippen LogP contribution in [0.25, 0.3) is 6.08 Å². The summed E-state index contributed by atoms with van der Waals surface area (Å²) < 4.78 is 18.5. The number of fused-ring (bicyclic) bond motifs is 1. The summed E-state index contributed by atoms with van der Waals surface area (Å²) in [6.45, 7) is 8.20. The van der Waals surface area contributed by atoms with Crippen molar-refractivity contribution in [3.63, 3.8) is 0 Å². The molecule has 0 spiro atoms. The summed E-state index contributed by atoms with van der Waals surface area (Å²) in [5, 5.41) is 0. The summed E-state index contributed by atoms with van der Waals surface area (Å²) in [6, 6.07) is 12.7. The van der Waals surface area contributed by atoms with Crippen LogP contribution in [0, 0.1) is 6.92 Å². The van der Waals surface area contributed by atoms with E-state index in [4.69, 9.17) is 14.2 Å². The number of methoxy groups -OCH3 is 1. The fraction of sp³-hybridized carbons (Fsp3) is 0.296. The first kappa shape index (κ1) is 24.5. The number of thiazole rings is 1. The highest BCUT2D eigenvalue weighted by atomic mass is 32.1. The summed E-state index contributed by atoms with van der Waals surface area (Å²) in [7, 11) is 1.58. The van der Waals surface area contributed by atoms with Gasteiger partial charge >= 0.3 is 5.97 Å². The van der Waals surface area contributed by atoms with Gasteiger partial charge in [0.05, 0.1) is 42.2 Å². The SMILES string of the molecule is CCOC(=O)C1=C(C)N=c2s/c(=C\c3ccc(OCC)c(OC)c3)c(=O)n2[C@@H]1c1ccc(C)cc1. The lowest BCUT2D eigenvalue weighted by molar-refractivity contribution is -0.139. The average molecular weight is 493 g/mol. The molecule has 0 aliphatic carbocycles. The quantitative estimate of drug-likeness (QED) is 0.472. The van der Waals surface area contributed by atoms with Crippen molar-refractivity contribution in [3.05, 3.63) is 90.1 Å². The lowest BCUT2D eigenvalue weighted by Gasteiger charge is -2.24. The monoisotopic (exact) mass is 492 g/mol. The molecular weight excluding hydrogens is 464 g/mol. The molecule has 1 aliphatic rings. The minimum Gasteiger partial charge on any atom is -0.493 e. The van der Waals surface area contributed by atoms with Crippen LogP contribution >= 0.6 is 11.3 Å². The Morgan fingerprint density at radius 3 is 2.49 bits per heavy atom. The number of hydrogen-bond acceptors (Lipinski definition) is 7. The number of carbonyl (C=O) groups is 1. The number of nitrogens with zero attached hydrogens (tertiary/aromatic N) is 2. The summed E-state index contributed by atoms with van der Waals surface area (Å²) in [5.41, 5.74) is 3.40. The smallest absolute Gasteiger partial charge is 0.338 e. The fourth-order valence-electron chi connectivity index (χ4n) is 4.06. The maximum Gasteiger partial charge on any atom is 0.338 e. The summed E-state index contributed by atoms with van der Waals surface area (Å²) in [5.74, 6) is 0.763. The minimum absolute atomic E-state index is 0.221. The van der Waals surface area contributed by atoms with E-state index < -0.39 is 12.0 Å². The van der Waals surface area contributed by atoms with Gasteiger partial charge in [-0.05, 0) is 57.0 Å². The van der Waals surface area contributed by atoms with Crippen molar-refractivity contribution in [2.75, 3.05) is 20.3 Å². The van der Waals surface area contributed by atoms with E-state index in [-0.39, 0.29) is 12.2 Å². The molecule has 0 unspecified atom stereocenters. The topological polar surface area (TPSA) is 79.1 Å². The van der Waals surface area contributed by atoms with Gasteiger partial charge in [0.15, 0.2) is 16.3 Å². The first-order chi connectivity index (χ1) is 16.9. The standard InChI is InChI=1S/C27H28N2O5S/c1-6-33-20-13-10-18(14-21(20)32-5)15-22-25(30)29-24(19-11-8-16(3)9-12-19)23(26(31)34-7-2)17(4)28-27(29)35-22/h8-15,24H,6-7H2,1-5H3/b22-15-/t24-/m1/s1. The molecule has 1 atom stereocenters. The van der Waals surface area contributed by atoms with Crippen molar-refractivity contribution in [3.8, 4) is 11.5 Å². The molecule has 35 heavy (non-hydrogen) atoms. The van der Waals surface area contributed by atoms with E-state index in [1.54, 1.807) is 31.6 Å². The fourth-order valence-corrected chi connectivity index (χ4v) is 5.10. The molecule has 0 saturated carbocycles. The third-order valence-corrected chi connectivity index (χ3v) is 6.68. The average Bonchev–Trinajstić information content (AvgIpc) is 3.14. The molecule has 0 fully saturated rings. The first-order valence-electron chi connectivity index (χ1n) is 11.4. The summed E-state index contributed by atoms with van der Waals surface area (Å²) in [4.78, 5) is 31.8. The molecule has 1 aliphatic heterocycles. The van der Waals surface area contributed by atoms with E-state index in [0.29, 0.717) is 38.7 Å².